The summed E-state index contributed by atoms with van der Waals surface area (Å²) >= 11 is 0. The maximum absolute atomic E-state index is 12.3. The van der Waals surface area contributed by atoms with Crippen LogP contribution in [0.4, 0.5) is 5.69 Å². The Labute approximate surface area is 119 Å². The fraction of sp³-hybridized carbons (Fsp3) is 0.562. The second-order valence-electron chi connectivity index (χ2n) is 5.82. The maximum atomic E-state index is 12.3. The number of rotatable bonds is 3. The van der Waals surface area contributed by atoms with E-state index in [1.807, 2.05) is 24.3 Å². The smallest absolute Gasteiger partial charge is 0.241 e. The highest BCUT2D eigenvalue weighted by atomic mass is 16.5. The number of hydrogen-bond donors (Lipinski definition) is 2. The highest BCUT2D eigenvalue weighted by molar-refractivity contribution is 5.95. The molecule has 0 aromatic heterocycles. The molecule has 3 rings (SSSR count). The first-order valence-corrected chi connectivity index (χ1v) is 7.47. The van der Waals surface area contributed by atoms with E-state index in [0.29, 0.717) is 12.0 Å². The van der Waals surface area contributed by atoms with E-state index in [1.54, 1.807) is 7.11 Å². The molecule has 0 unspecified atom stereocenters. The van der Waals surface area contributed by atoms with Crippen molar-refractivity contribution in [3.8, 4) is 5.75 Å². The average Bonchev–Trinajstić information content (AvgIpc) is 2.92. The van der Waals surface area contributed by atoms with E-state index in [4.69, 9.17) is 4.74 Å². The topological polar surface area (TPSA) is 50.4 Å². The standard InChI is InChI=1S/C16H22N2O2/c1-20-13-8-6-12(7-9-13)17-16(19)15-10-11-4-2-3-5-14(11)18-15/h6-9,11,14-15,18H,2-5,10H2,1H3,(H,17,19)/t11-,14-,15-/m0/s1. The van der Waals surface area contributed by atoms with Crippen LogP contribution in [0.2, 0.25) is 0 Å². The first kappa shape index (κ1) is 13.4. The van der Waals surface area contributed by atoms with Crippen molar-refractivity contribution in [1.29, 1.82) is 0 Å². The maximum Gasteiger partial charge on any atom is 0.241 e. The second kappa shape index (κ2) is 5.83. The summed E-state index contributed by atoms with van der Waals surface area (Å²) in [5.74, 6) is 1.58. The molecule has 1 aromatic rings. The van der Waals surface area contributed by atoms with Crippen LogP contribution >= 0.6 is 0 Å². The van der Waals surface area contributed by atoms with Crippen LogP contribution in [0.5, 0.6) is 5.75 Å². The molecule has 0 spiro atoms. The number of carbonyl (C=O) groups is 1. The Kier molecular flexibility index (Phi) is 3.92. The molecule has 2 N–H and O–H groups in total. The number of amides is 1. The van der Waals surface area contributed by atoms with Crippen molar-refractivity contribution in [2.24, 2.45) is 5.92 Å². The minimum absolute atomic E-state index is 0.0369. The lowest BCUT2D eigenvalue weighted by Crippen LogP contribution is -2.39. The third kappa shape index (κ3) is 2.80. The van der Waals surface area contributed by atoms with Gasteiger partial charge < -0.3 is 15.4 Å². The molecule has 4 nitrogen and oxygen atoms in total. The zero-order valence-corrected chi connectivity index (χ0v) is 11.9. The van der Waals surface area contributed by atoms with E-state index in [-0.39, 0.29) is 11.9 Å². The predicted molar refractivity (Wildman–Crippen MR) is 78.9 cm³/mol. The molecule has 3 atom stereocenters. The van der Waals surface area contributed by atoms with Gasteiger partial charge in [-0.1, -0.05) is 12.8 Å². The van der Waals surface area contributed by atoms with Gasteiger partial charge in [0.1, 0.15) is 5.75 Å². The molecular weight excluding hydrogens is 252 g/mol. The molecule has 108 valence electrons. The van der Waals surface area contributed by atoms with Gasteiger partial charge in [-0.2, -0.15) is 0 Å². The zero-order valence-electron chi connectivity index (χ0n) is 11.9. The van der Waals surface area contributed by atoms with Crippen LogP contribution in [0.15, 0.2) is 24.3 Å². The molecule has 1 saturated heterocycles. The highest BCUT2D eigenvalue weighted by Gasteiger charge is 2.38. The van der Waals surface area contributed by atoms with Crippen molar-refractivity contribution in [3.63, 3.8) is 0 Å². The third-order valence-corrected chi connectivity index (χ3v) is 4.54. The Balaban J connectivity index is 1.59. The molecule has 4 heteroatoms. The molecule has 1 aliphatic carbocycles. The minimum atomic E-state index is -0.0369. The summed E-state index contributed by atoms with van der Waals surface area (Å²) in [5, 5.41) is 6.49. The van der Waals surface area contributed by atoms with Crippen molar-refractivity contribution >= 4 is 11.6 Å². The van der Waals surface area contributed by atoms with Crippen LogP contribution in [0.25, 0.3) is 0 Å². The lowest BCUT2D eigenvalue weighted by molar-refractivity contribution is -0.117. The van der Waals surface area contributed by atoms with Gasteiger partial charge in [-0.15, -0.1) is 0 Å². The van der Waals surface area contributed by atoms with Crippen molar-refractivity contribution in [1.82, 2.24) is 5.32 Å². The van der Waals surface area contributed by atoms with Gasteiger partial charge in [-0.25, -0.2) is 0 Å². The van der Waals surface area contributed by atoms with Gasteiger partial charge in [0.25, 0.3) is 0 Å². The summed E-state index contributed by atoms with van der Waals surface area (Å²) in [6.07, 6.45) is 6.07. The van der Waals surface area contributed by atoms with E-state index in [2.05, 4.69) is 10.6 Å². The summed E-state index contributed by atoms with van der Waals surface area (Å²) in [6.45, 7) is 0. The largest absolute Gasteiger partial charge is 0.497 e. The van der Waals surface area contributed by atoms with E-state index >= 15 is 0 Å². The monoisotopic (exact) mass is 274 g/mol. The van der Waals surface area contributed by atoms with E-state index in [0.717, 1.165) is 17.9 Å². The number of methoxy groups -OCH3 is 1. The van der Waals surface area contributed by atoms with Gasteiger partial charge in [0, 0.05) is 11.7 Å². The quantitative estimate of drug-likeness (QED) is 0.890. The first-order valence-electron chi connectivity index (χ1n) is 7.47. The van der Waals surface area contributed by atoms with Crippen LogP contribution in [0.1, 0.15) is 32.1 Å². The molecule has 20 heavy (non-hydrogen) atoms. The van der Waals surface area contributed by atoms with Gasteiger partial charge in [-0.3, -0.25) is 4.79 Å². The molecule has 1 aromatic carbocycles. The minimum Gasteiger partial charge on any atom is -0.497 e. The molecule has 1 aliphatic heterocycles. The Morgan fingerprint density at radius 2 is 2.00 bits per heavy atom. The Bertz CT molecular complexity index is 458. The average molecular weight is 274 g/mol. The zero-order chi connectivity index (χ0) is 13.9. The number of benzene rings is 1. The Morgan fingerprint density at radius 1 is 1.25 bits per heavy atom. The number of hydrogen-bond acceptors (Lipinski definition) is 3. The normalized spacial score (nSPS) is 28.8. The SMILES string of the molecule is COc1ccc(NC(=O)[C@@H]2C[C@@H]3CCCC[C@@H]3N2)cc1. The molecule has 2 aliphatic rings. The molecule has 0 radical (unpaired) electrons. The van der Waals surface area contributed by atoms with Crippen molar-refractivity contribution < 1.29 is 9.53 Å². The van der Waals surface area contributed by atoms with E-state index in [1.165, 1.54) is 25.7 Å². The number of anilines is 1. The van der Waals surface area contributed by atoms with Crippen LogP contribution in [-0.2, 0) is 4.79 Å². The molecule has 1 heterocycles. The molecule has 1 amide bonds. The summed E-state index contributed by atoms with van der Waals surface area (Å²) in [4.78, 5) is 12.3. The van der Waals surface area contributed by atoms with Crippen molar-refractivity contribution in [2.75, 3.05) is 12.4 Å². The van der Waals surface area contributed by atoms with Crippen LogP contribution in [-0.4, -0.2) is 25.1 Å². The number of carbonyl (C=O) groups excluding carboxylic acids is 1. The lowest BCUT2D eigenvalue weighted by atomic mass is 9.85. The Hall–Kier alpha value is -1.55. The predicted octanol–water partition coefficient (Wildman–Crippen LogP) is 2.55. The van der Waals surface area contributed by atoms with Gasteiger partial charge in [-0.05, 0) is 49.4 Å². The van der Waals surface area contributed by atoms with Gasteiger partial charge in [0.15, 0.2) is 0 Å². The Morgan fingerprint density at radius 3 is 2.70 bits per heavy atom. The third-order valence-electron chi connectivity index (χ3n) is 4.54. The summed E-state index contributed by atoms with van der Waals surface area (Å²) in [7, 11) is 1.64. The van der Waals surface area contributed by atoms with E-state index < -0.39 is 0 Å². The first-order chi connectivity index (χ1) is 9.76. The summed E-state index contributed by atoms with van der Waals surface area (Å²) in [5.41, 5.74) is 0.826. The number of fused-ring (bicyclic) bond motifs is 1. The summed E-state index contributed by atoms with van der Waals surface area (Å²) in [6, 6.07) is 7.98. The van der Waals surface area contributed by atoms with Crippen LogP contribution in [0, 0.1) is 5.92 Å². The van der Waals surface area contributed by atoms with Gasteiger partial charge >= 0.3 is 0 Å². The number of nitrogens with one attached hydrogen (secondary N) is 2. The fourth-order valence-electron chi connectivity index (χ4n) is 3.42. The van der Waals surface area contributed by atoms with Crippen molar-refractivity contribution in [2.45, 2.75) is 44.2 Å². The van der Waals surface area contributed by atoms with Crippen molar-refractivity contribution in [3.05, 3.63) is 24.3 Å². The van der Waals surface area contributed by atoms with Crippen LogP contribution < -0.4 is 15.4 Å². The van der Waals surface area contributed by atoms with E-state index in [9.17, 15) is 4.79 Å². The molecule has 2 fully saturated rings. The van der Waals surface area contributed by atoms with Gasteiger partial charge in [0.05, 0.1) is 13.2 Å². The highest BCUT2D eigenvalue weighted by Crippen LogP contribution is 2.33. The molecule has 1 saturated carbocycles. The van der Waals surface area contributed by atoms with Crippen LogP contribution in [0.3, 0.4) is 0 Å². The lowest BCUT2D eigenvalue weighted by Gasteiger charge is -2.24. The van der Waals surface area contributed by atoms with Gasteiger partial charge in [0.2, 0.25) is 5.91 Å². The number of ether oxygens (including phenoxy) is 1. The molecule has 0 bridgehead atoms. The second-order valence-corrected chi connectivity index (χ2v) is 5.82. The molecular formula is C16H22N2O2. The fourth-order valence-corrected chi connectivity index (χ4v) is 3.42. The summed E-state index contributed by atoms with van der Waals surface area (Å²) < 4.78 is 5.11.